The van der Waals surface area contributed by atoms with Crippen molar-refractivity contribution in [2.24, 2.45) is 5.92 Å². The van der Waals surface area contributed by atoms with Gasteiger partial charge in [-0.3, -0.25) is 4.79 Å². The van der Waals surface area contributed by atoms with Gasteiger partial charge in [0.15, 0.2) is 0 Å². The minimum absolute atomic E-state index is 0.0524. The number of carboxylic acids is 1. The van der Waals surface area contributed by atoms with Gasteiger partial charge in [-0.1, -0.05) is 6.92 Å². The minimum Gasteiger partial charge on any atom is -0.481 e. The van der Waals surface area contributed by atoms with E-state index in [-0.39, 0.29) is 18.0 Å². The Morgan fingerprint density at radius 2 is 2.12 bits per heavy atom. The SMILES string of the molecule is CCC(CSC)N(C)C(=O)N1CC(C(=O)O)C1. The van der Waals surface area contributed by atoms with Gasteiger partial charge in [0.25, 0.3) is 0 Å². The quantitative estimate of drug-likeness (QED) is 0.807. The van der Waals surface area contributed by atoms with Crippen molar-refractivity contribution in [1.29, 1.82) is 0 Å². The van der Waals surface area contributed by atoms with Crippen molar-refractivity contribution in [3.8, 4) is 0 Å². The first-order chi connectivity index (χ1) is 8.01. The van der Waals surface area contributed by atoms with Gasteiger partial charge >= 0.3 is 12.0 Å². The summed E-state index contributed by atoms with van der Waals surface area (Å²) in [5.74, 6) is -0.282. The molecule has 0 aromatic rings. The molecule has 1 unspecified atom stereocenters. The van der Waals surface area contributed by atoms with Crippen molar-refractivity contribution in [2.75, 3.05) is 32.1 Å². The summed E-state index contributed by atoms with van der Waals surface area (Å²) >= 11 is 1.72. The minimum atomic E-state index is -0.812. The number of nitrogens with zero attached hydrogens (tertiary/aromatic N) is 2. The Morgan fingerprint density at radius 1 is 1.53 bits per heavy atom. The molecule has 1 heterocycles. The molecular weight excluding hydrogens is 240 g/mol. The lowest BCUT2D eigenvalue weighted by Crippen LogP contribution is -2.58. The smallest absolute Gasteiger partial charge is 0.320 e. The van der Waals surface area contributed by atoms with Gasteiger partial charge in [0, 0.05) is 31.9 Å². The molecule has 1 saturated heterocycles. The summed E-state index contributed by atoms with van der Waals surface area (Å²) in [6.45, 7) is 2.74. The molecule has 0 bridgehead atoms. The van der Waals surface area contributed by atoms with E-state index in [1.54, 1.807) is 28.6 Å². The molecular formula is C11H20N2O3S. The van der Waals surface area contributed by atoms with Crippen LogP contribution in [0, 0.1) is 5.92 Å². The average molecular weight is 260 g/mol. The molecule has 17 heavy (non-hydrogen) atoms. The summed E-state index contributed by atoms with van der Waals surface area (Å²) in [4.78, 5) is 26.0. The summed E-state index contributed by atoms with van der Waals surface area (Å²) in [6, 6.07) is 0.171. The van der Waals surface area contributed by atoms with Crippen LogP contribution >= 0.6 is 11.8 Å². The third kappa shape index (κ3) is 3.28. The van der Waals surface area contributed by atoms with E-state index < -0.39 is 5.97 Å². The zero-order chi connectivity index (χ0) is 13.0. The Morgan fingerprint density at radius 3 is 2.53 bits per heavy atom. The Labute approximate surface area is 106 Å². The molecule has 0 spiro atoms. The lowest BCUT2D eigenvalue weighted by atomic mass is 10.0. The predicted octanol–water partition coefficient (Wildman–Crippen LogP) is 1.20. The first kappa shape index (κ1) is 14.2. The number of rotatable bonds is 5. The Hall–Kier alpha value is -0.910. The Balaban J connectivity index is 2.45. The third-order valence-electron chi connectivity index (χ3n) is 3.18. The average Bonchev–Trinajstić information content (AvgIpc) is 2.22. The zero-order valence-corrected chi connectivity index (χ0v) is 11.4. The number of carbonyl (C=O) groups excluding carboxylic acids is 1. The van der Waals surface area contributed by atoms with Gasteiger partial charge in [-0.05, 0) is 12.7 Å². The summed E-state index contributed by atoms with van der Waals surface area (Å²) in [5, 5.41) is 8.76. The second-order valence-electron chi connectivity index (χ2n) is 4.35. The van der Waals surface area contributed by atoms with Crippen LogP contribution in [-0.2, 0) is 4.79 Å². The molecule has 1 fully saturated rings. The molecule has 1 aliphatic rings. The second-order valence-corrected chi connectivity index (χ2v) is 5.26. The maximum atomic E-state index is 12.0. The fourth-order valence-corrected chi connectivity index (χ4v) is 2.71. The maximum absolute atomic E-state index is 12.0. The molecule has 0 aromatic heterocycles. The van der Waals surface area contributed by atoms with Crippen LogP contribution in [0.3, 0.4) is 0 Å². The van der Waals surface area contributed by atoms with Gasteiger partial charge in [0.05, 0.1) is 5.92 Å². The number of likely N-dealkylation sites (tertiary alicyclic amines) is 1. The van der Waals surface area contributed by atoms with Crippen LogP contribution in [0.4, 0.5) is 4.79 Å². The lowest BCUT2D eigenvalue weighted by Gasteiger charge is -2.40. The van der Waals surface area contributed by atoms with Gasteiger partial charge in [-0.15, -0.1) is 0 Å². The topological polar surface area (TPSA) is 60.9 Å². The lowest BCUT2D eigenvalue weighted by molar-refractivity contribution is -0.146. The highest BCUT2D eigenvalue weighted by Gasteiger charge is 2.37. The van der Waals surface area contributed by atoms with E-state index in [0.717, 1.165) is 12.2 Å². The molecule has 1 aliphatic heterocycles. The van der Waals surface area contributed by atoms with Crippen molar-refractivity contribution >= 4 is 23.8 Å². The number of hydrogen-bond acceptors (Lipinski definition) is 3. The van der Waals surface area contributed by atoms with Crippen molar-refractivity contribution in [3.63, 3.8) is 0 Å². The first-order valence-corrected chi connectivity index (χ1v) is 7.14. The monoisotopic (exact) mass is 260 g/mol. The largest absolute Gasteiger partial charge is 0.481 e. The Bertz CT molecular complexity index is 292. The molecule has 5 nitrogen and oxygen atoms in total. The fraction of sp³-hybridized carbons (Fsp3) is 0.818. The van der Waals surface area contributed by atoms with Crippen LogP contribution in [0.2, 0.25) is 0 Å². The van der Waals surface area contributed by atoms with E-state index in [9.17, 15) is 9.59 Å². The summed E-state index contributed by atoms with van der Waals surface area (Å²) in [5.41, 5.74) is 0. The van der Waals surface area contributed by atoms with Crippen LogP contribution in [0.1, 0.15) is 13.3 Å². The van der Waals surface area contributed by atoms with E-state index in [4.69, 9.17) is 5.11 Å². The van der Waals surface area contributed by atoms with Crippen LogP contribution in [-0.4, -0.2) is 65.1 Å². The molecule has 2 amide bonds. The summed E-state index contributed by atoms with van der Waals surface area (Å²) < 4.78 is 0. The van der Waals surface area contributed by atoms with E-state index in [0.29, 0.717) is 13.1 Å². The van der Waals surface area contributed by atoms with Crippen molar-refractivity contribution in [3.05, 3.63) is 0 Å². The molecule has 6 heteroatoms. The van der Waals surface area contributed by atoms with Gasteiger partial charge in [-0.2, -0.15) is 11.8 Å². The van der Waals surface area contributed by atoms with E-state index >= 15 is 0 Å². The summed E-state index contributed by atoms with van der Waals surface area (Å²) in [6.07, 6.45) is 2.93. The van der Waals surface area contributed by atoms with Crippen LogP contribution in [0.25, 0.3) is 0 Å². The highest BCUT2D eigenvalue weighted by molar-refractivity contribution is 7.98. The van der Waals surface area contributed by atoms with Crippen molar-refractivity contribution in [2.45, 2.75) is 19.4 Å². The molecule has 0 aromatic carbocycles. The van der Waals surface area contributed by atoms with Crippen LogP contribution in [0.15, 0.2) is 0 Å². The van der Waals surface area contributed by atoms with Crippen LogP contribution in [0.5, 0.6) is 0 Å². The standard InChI is InChI=1S/C11H20N2O3S/c1-4-9(7-17-3)12(2)11(16)13-5-8(6-13)10(14)15/h8-9H,4-7H2,1-3H3,(H,14,15). The molecule has 0 saturated carbocycles. The molecule has 1 rings (SSSR count). The molecule has 1 atom stereocenters. The fourth-order valence-electron chi connectivity index (χ4n) is 1.87. The Kier molecular flexibility index (Phi) is 5.11. The number of thioether (sulfide) groups is 1. The number of urea groups is 1. The molecule has 98 valence electrons. The first-order valence-electron chi connectivity index (χ1n) is 5.74. The van der Waals surface area contributed by atoms with Gasteiger partial charge < -0.3 is 14.9 Å². The zero-order valence-electron chi connectivity index (χ0n) is 10.5. The summed E-state index contributed by atoms with van der Waals surface area (Å²) in [7, 11) is 1.79. The van der Waals surface area contributed by atoms with E-state index in [1.165, 1.54) is 0 Å². The molecule has 0 radical (unpaired) electrons. The normalized spacial score (nSPS) is 17.5. The van der Waals surface area contributed by atoms with Crippen LogP contribution < -0.4 is 0 Å². The number of carboxylic acid groups (broad SMARTS) is 1. The number of hydrogen-bond donors (Lipinski definition) is 1. The highest BCUT2D eigenvalue weighted by Crippen LogP contribution is 2.19. The second kappa shape index (κ2) is 6.14. The number of amides is 2. The third-order valence-corrected chi connectivity index (χ3v) is 3.90. The van der Waals surface area contributed by atoms with Crippen molar-refractivity contribution < 1.29 is 14.7 Å². The predicted molar refractivity (Wildman–Crippen MR) is 68.3 cm³/mol. The van der Waals surface area contributed by atoms with Gasteiger partial charge in [0.1, 0.15) is 0 Å². The molecule has 0 aliphatic carbocycles. The number of aliphatic carboxylic acids is 1. The highest BCUT2D eigenvalue weighted by atomic mass is 32.2. The van der Waals surface area contributed by atoms with Gasteiger partial charge in [0.2, 0.25) is 0 Å². The molecule has 1 N–H and O–H groups in total. The number of carbonyl (C=O) groups is 2. The maximum Gasteiger partial charge on any atom is 0.320 e. The van der Waals surface area contributed by atoms with E-state index in [2.05, 4.69) is 6.92 Å². The van der Waals surface area contributed by atoms with E-state index in [1.807, 2.05) is 6.26 Å². The van der Waals surface area contributed by atoms with Gasteiger partial charge in [-0.25, -0.2) is 4.79 Å². The van der Waals surface area contributed by atoms with Crippen molar-refractivity contribution in [1.82, 2.24) is 9.80 Å².